The summed E-state index contributed by atoms with van der Waals surface area (Å²) in [5, 5.41) is 0. The zero-order chi connectivity index (χ0) is 20.7. The van der Waals surface area contributed by atoms with Gasteiger partial charge in [-0.25, -0.2) is 0 Å². The summed E-state index contributed by atoms with van der Waals surface area (Å²) in [6.07, 6.45) is -0.0809. The number of rotatable bonds is 4. The maximum Gasteiger partial charge on any atom is 0.231 e. The SMILES string of the molecule is COc1cccc([C@@H]2c3cc4c(cc3O[C@H](N3CCOCC3)[C@H]2C)OCO4)c1OC. The summed E-state index contributed by atoms with van der Waals surface area (Å²) < 4.78 is 34.8. The average Bonchev–Trinajstić information content (AvgIpc) is 3.24. The average molecular weight is 413 g/mol. The second-order valence-electron chi connectivity index (χ2n) is 7.82. The van der Waals surface area contributed by atoms with Gasteiger partial charge in [0.2, 0.25) is 6.79 Å². The van der Waals surface area contributed by atoms with Gasteiger partial charge in [0.15, 0.2) is 29.2 Å². The second kappa shape index (κ2) is 7.89. The van der Waals surface area contributed by atoms with Crippen LogP contribution in [0.15, 0.2) is 30.3 Å². The van der Waals surface area contributed by atoms with Crippen LogP contribution in [0.4, 0.5) is 0 Å². The van der Waals surface area contributed by atoms with Gasteiger partial charge in [0.05, 0.1) is 27.4 Å². The largest absolute Gasteiger partial charge is 0.493 e. The van der Waals surface area contributed by atoms with Gasteiger partial charge >= 0.3 is 0 Å². The van der Waals surface area contributed by atoms with Crippen molar-refractivity contribution in [3.63, 3.8) is 0 Å². The van der Waals surface area contributed by atoms with Crippen LogP contribution in [0.2, 0.25) is 0 Å². The summed E-state index contributed by atoms with van der Waals surface area (Å²) in [7, 11) is 3.35. The van der Waals surface area contributed by atoms with Gasteiger partial charge in [0.1, 0.15) is 5.75 Å². The van der Waals surface area contributed by atoms with Crippen molar-refractivity contribution in [2.45, 2.75) is 19.1 Å². The van der Waals surface area contributed by atoms with E-state index in [0.29, 0.717) is 13.2 Å². The van der Waals surface area contributed by atoms with Gasteiger partial charge in [-0.3, -0.25) is 4.90 Å². The fourth-order valence-corrected chi connectivity index (χ4v) is 4.82. The molecule has 3 atom stereocenters. The minimum absolute atomic E-state index is 0.0427. The lowest BCUT2D eigenvalue weighted by atomic mass is 9.77. The van der Waals surface area contributed by atoms with Crippen molar-refractivity contribution < 1.29 is 28.4 Å². The molecule has 1 fully saturated rings. The Kier molecular flexibility index (Phi) is 5.08. The smallest absolute Gasteiger partial charge is 0.231 e. The van der Waals surface area contributed by atoms with E-state index in [2.05, 4.69) is 17.9 Å². The first kappa shape index (κ1) is 19.3. The number of nitrogens with zero attached hydrogens (tertiary/aromatic N) is 1. The van der Waals surface area contributed by atoms with E-state index in [1.165, 1.54) is 0 Å². The van der Waals surface area contributed by atoms with Crippen molar-refractivity contribution in [2.75, 3.05) is 47.3 Å². The molecule has 2 aromatic rings. The zero-order valence-corrected chi connectivity index (χ0v) is 17.6. The normalized spacial score (nSPS) is 25.4. The van der Waals surface area contributed by atoms with Crippen LogP contribution in [0, 0.1) is 5.92 Å². The van der Waals surface area contributed by atoms with Crippen LogP contribution >= 0.6 is 0 Å². The number of ether oxygens (including phenoxy) is 6. The van der Waals surface area contributed by atoms with E-state index >= 15 is 0 Å². The first-order valence-corrected chi connectivity index (χ1v) is 10.3. The highest BCUT2D eigenvalue weighted by Crippen LogP contribution is 2.52. The van der Waals surface area contributed by atoms with Crippen molar-refractivity contribution in [1.29, 1.82) is 0 Å². The summed E-state index contributed by atoms with van der Waals surface area (Å²) in [5.41, 5.74) is 2.15. The first-order chi connectivity index (χ1) is 14.7. The molecule has 0 N–H and O–H groups in total. The van der Waals surface area contributed by atoms with Gasteiger partial charge in [0, 0.05) is 42.1 Å². The van der Waals surface area contributed by atoms with Crippen LogP contribution in [-0.2, 0) is 4.74 Å². The molecule has 0 aliphatic carbocycles. The van der Waals surface area contributed by atoms with E-state index in [9.17, 15) is 0 Å². The number of hydrogen-bond acceptors (Lipinski definition) is 7. The van der Waals surface area contributed by atoms with E-state index in [0.717, 1.165) is 53.0 Å². The molecule has 0 amide bonds. The number of benzene rings is 2. The van der Waals surface area contributed by atoms with Crippen LogP contribution in [-0.4, -0.2) is 58.4 Å². The number of morpholine rings is 1. The van der Waals surface area contributed by atoms with Crippen molar-refractivity contribution in [1.82, 2.24) is 4.90 Å². The Labute approximate surface area is 176 Å². The van der Waals surface area contributed by atoms with Gasteiger partial charge < -0.3 is 28.4 Å². The molecule has 3 aliphatic rings. The fraction of sp³-hybridized carbons (Fsp3) is 0.478. The number of fused-ring (bicyclic) bond motifs is 2. The van der Waals surface area contributed by atoms with E-state index in [-0.39, 0.29) is 24.9 Å². The summed E-state index contributed by atoms with van der Waals surface area (Å²) in [5.74, 6) is 3.98. The maximum absolute atomic E-state index is 6.55. The molecule has 0 bridgehead atoms. The summed E-state index contributed by atoms with van der Waals surface area (Å²) in [6.45, 7) is 5.58. The highest BCUT2D eigenvalue weighted by atomic mass is 16.7. The highest BCUT2D eigenvalue weighted by Gasteiger charge is 2.42. The Morgan fingerprint density at radius 1 is 0.933 bits per heavy atom. The topological polar surface area (TPSA) is 58.6 Å². The summed E-state index contributed by atoms with van der Waals surface area (Å²) >= 11 is 0. The number of methoxy groups -OCH3 is 2. The first-order valence-electron chi connectivity index (χ1n) is 10.3. The van der Waals surface area contributed by atoms with Gasteiger partial charge in [-0.1, -0.05) is 19.1 Å². The second-order valence-corrected chi connectivity index (χ2v) is 7.82. The quantitative estimate of drug-likeness (QED) is 0.763. The van der Waals surface area contributed by atoms with Crippen LogP contribution in [0.3, 0.4) is 0 Å². The number of para-hydroxylation sites is 1. The van der Waals surface area contributed by atoms with Crippen LogP contribution < -0.4 is 23.7 Å². The molecule has 7 nitrogen and oxygen atoms in total. The molecular formula is C23H27NO6. The zero-order valence-electron chi connectivity index (χ0n) is 17.6. The van der Waals surface area contributed by atoms with Crippen molar-refractivity contribution >= 4 is 0 Å². The lowest BCUT2D eigenvalue weighted by Gasteiger charge is -2.44. The van der Waals surface area contributed by atoms with Gasteiger partial charge in [-0.2, -0.15) is 0 Å². The van der Waals surface area contributed by atoms with Crippen LogP contribution in [0.1, 0.15) is 24.0 Å². The van der Waals surface area contributed by atoms with Crippen molar-refractivity contribution in [3.8, 4) is 28.7 Å². The minimum Gasteiger partial charge on any atom is -0.493 e. The van der Waals surface area contributed by atoms with Gasteiger partial charge in [-0.15, -0.1) is 0 Å². The molecule has 0 spiro atoms. The van der Waals surface area contributed by atoms with Crippen molar-refractivity contribution in [3.05, 3.63) is 41.5 Å². The predicted octanol–water partition coefficient (Wildman–Crippen LogP) is 3.25. The number of hydrogen-bond donors (Lipinski definition) is 0. The third kappa shape index (κ3) is 3.13. The molecule has 160 valence electrons. The van der Waals surface area contributed by atoms with Crippen molar-refractivity contribution in [2.24, 2.45) is 5.92 Å². The highest BCUT2D eigenvalue weighted by molar-refractivity contribution is 5.59. The maximum atomic E-state index is 6.55. The molecule has 0 radical (unpaired) electrons. The molecule has 0 unspecified atom stereocenters. The molecule has 3 aliphatic heterocycles. The standard InChI is InChI=1S/C23H27NO6/c1-14-21(15-5-4-6-17(25-2)22(15)26-3)16-11-19-20(29-13-28-19)12-18(16)30-23(14)24-7-9-27-10-8-24/h4-6,11-12,14,21,23H,7-10,13H2,1-3H3/t14-,21+,23-/m0/s1. The molecule has 1 saturated heterocycles. The Morgan fingerprint density at radius 2 is 1.70 bits per heavy atom. The van der Waals surface area contributed by atoms with Gasteiger partial charge in [0.25, 0.3) is 0 Å². The Balaban J connectivity index is 1.65. The third-order valence-corrected chi connectivity index (χ3v) is 6.24. The fourth-order valence-electron chi connectivity index (χ4n) is 4.82. The Hall–Kier alpha value is -2.64. The Bertz CT molecular complexity index is 926. The molecule has 0 aromatic heterocycles. The monoisotopic (exact) mass is 413 g/mol. The van der Waals surface area contributed by atoms with E-state index in [4.69, 9.17) is 28.4 Å². The lowest BCUT2D eigenvalue weighted by molar-refractivity contribution is -0.0785. The van der Waals surface area contributed by atoms with E-state index < -0.39 is 0 Å². The molecule has 3 heterocycles. The third-order valence-electron chi connectivity index (χ3n) is 6.24. The molecule has 5 rings (SSSR count). The predicted molar refractivity (Wildman–Crippen MR) is 110 cm³/mol. The van der Waals surface area contributed by atoms with E-state index in [1.807, 2.05) is 24.3 Å². The van der Waals surface area contributed by atoms with Crippen LogP contribution in [0.25, 0.3) is 0 Å². The van der Waals surface area contributed by atoms with Crippen LogP contribution in [0.5, 0.6) is 28.7 Å². The Morgan fingerprint density at radius 3 is 2.43 bits per heavy atom. The van der Waals surface area contributed by atoms with Gasteiger partial charge in [-0.05, 0) is 12.1 Å². The van der Waals surface area contributed by atoms with E-state index in [1.54, 1.807) is 14.2 Å². The molecule has 2 aromatic carbocycles. The summed E-state index contributed by atoms with van der Waals surface area (Å²) in [6, 6.07) is 10.0. The molecule has 7 heteroatoms. The molecule has 30 heavy (non-hydrogen) atoms. The molecular weight excluding hydrogens is 386 g/mol. The minimum atomic E-state index is -0.0809. The lowest BCUT2D eigenvalue weighted by Crippen LogP contribution is -2.52. The molecule has 0 saturated carbocycles. The summed E-state index contributed by atoms with van der Waals surface area (Å²) in [4.78, 5) is 2.36.